The molecule has 1 N–H and O–H groups in total. The number of benzene rings is 3. The van der Waals surface area contributed by atoms with Crippen LogP contribution < -0.4 is 4.74 Å². The Labute approximate surface area is 208 Å². The van der Waals surface area contributed by atoms with E-state index in [2.05, 4.69) is 0 Å². The first-order chi connectivity index (χ1) is 17.4. The molecule has 1 amide bonds. The summed E-state index contributed by atoms with van der Waals surface area (Å²) in [6, 6.07) is 20.3. The van der Waals surface area contributed by atoms with Gasteiger partial charge in [0.25, 0.3) is 11.7 Å². The number of rotatable bonds is 5. The fourth-order valence-corrected chi connectivity index (χ4v) is 4.81. The highest BCUT2D eigenvalue weighted by Crippen LogP contribution is 2.41. The number of likely N-dealkylation sites (tertiary alicyclic amines) is 1. The monoisotopic (exact) mass is 483 g/mol. The molecule has 7 nitrogen and oxygen atoms in total. The average molecular weight is 484 g/mol. The van der Waals surface area contributed by atoms with Crippen LogP contribution in [0.15, 0.2) is 78.4 Å². The zero-order valence-corrected chi connectivity index (χ0v) is 19.9. The summed E-state index contributed by atoms with van der Waals surface area (Å²) in [7, 11) is 1.30. The van der Waals surface area contributed by atoms with E-state index in [0.29, 0.717) is 23.1 Å². The summed E-state index contributed by atoms with van der Waals surface area (Å²) >= 11 is 0. The number of carbonyl (C=O) groups is 3. The number of hydrogen-bond acceptors (Lipinski definition) is 6. The van der Waals surface area contributed by atoms with Crippen molar-refractivity contribution in [2.75, 3.05) is 7.11 Å². The third-order valence-corrected chi connectivity index (χ3v) is 6.55. The summed E-state index contributed by atoms with van der Waals surface area (Å²) in [6.45, 7) is 2.15. The van der Waals surface area contributed by atoms with E-state index in [9.17, 15) is 19.5 Å². The molecule has 0 aromatic heterocycles. The standard InChI is InChI=1S/C29H25NO6/c1-17-14-22-15-21(12-13-23(22)36-17)26(31)24-25(19-8-10-20(11-9-19)29(34)35-2)30(28(33)27(24)32)16-18-6-4-3-5-7-18/h3-13,15,17,25,31H,14,16H2,1-2H3/t17-,25+/m1/s1. The number of ether oxygens (including phenoxy) is 2. The molecule has 5 rings (SSSR count). The van der Waals surface area contributed by atoms with Gasteiger partial charge in [0.15, 0.2) is 0 Å². The van der Waals surface area contributed by atoms with Crippen molar-refractivity contribution in [2.24, 2.45) is 0 Å². The minimum absolute atomic E-state index is 0.00802. The summed E-state index contributed by atoms with van der Waals surface area (Å²) in [5.74, 6) is -1.43. The van der Waals surface area contributed by atoms with Crippen molar-refractivity contribution in [3.05, 3.63) is 106 Å². The SMILES string of the molecule is COC(=O)c1ccc([C@H]2C(=C(O)c3ccc4c(c3)C[C@@H](C)O4)C(=O)C(=O)N2Cc2ccccc2)cc1. The Morgan fingerprint density at radius 3 is 2.42 bits per heavy atom. The average Bonchev–Trinajstić information content (AvgIpc) is 3.39. The van der Waals surface area contributed by atoms with Crippen molar-refractivity contribution >= 4 is 23.4 Å². The zero-order valence-electron chi connectivity index (χ0n) is 19.9. The van der Waals surface area contributed by atoms with Crippen LogP contribution in [0.5, 0.6) is 5.75 Å². The van der Waals surface area contributed by atoms with E-state index < -0.39 is 23.7 Å². The number of aliphatic hydroxyl groups is 1. The lowest BCUT2D eigenvalue weighted by molar-refractivity contribution is -0.140. The predicted molar refractivity (Wildman–Crippen MR) is 132 cm³/mol. The molecule has 3 aromatic carbocycles. The van der Waals surface area contributed by atoms with Crippen molar-refractivity contribution in [2.45, 2.75) is 32.0 Å². The van der Waals surface area contributed by atoms with Crippen molar-refractivity contribution in [1.29, 1.82) is 0 Å². The van der Waals surface area contributed by atoms with E-state index in [1.54, 1.807) is 42.5 Å². The molecule has 2 atom stereocenters. The molecule has 1 fully saturated rings. The number of aliphatic hydroxyl groups excluding tert-OH is 1. The van der Waals surface area contributed by atoms with Crippen LogP contribution in [0.25, 0.3) is 5.76 Å². The number of amides is 1. The second kappa shape index (κ2) is 9.34. The first-order valence-electron chi connectivity index (χ1n) is 11.7. The van der Waals surface area contributed by atoms with Gasteiger partial charge in [-0.3, -0.25) is 9.59 Å². The summed E-state index contributed by atoms with van der Waals surface area (Å²) < 4.78 is 10.5. The van der Waals surface area contributed by atoms with Gasteiger partial charge in [0, 0.05) is 18.5 Å². The van der Waals surface area contributed by atoms with E-state index in [1.165, 1.54) is 12.0 Å². The molecular formula is C29H25NO6. The van der Waals surface area contributed by atoms with Gasteiger partial charge in [-0.15, -0.1) is 0 Å². The van der Waals surface area contributed by atoms with Gasteiger partial charge in [-0.2, -0.15) is 0 Å². The Bertz CT molecular complexity index is 1380. The van der Waals surface area contributed by atoms with E-state index in [1.807, 2.05) is 37.3 Å². The molecule has 0 saturated carbocycles. The minimum Gasteiger partial charge on any atom is -0.507 e. The normalized spacial score (nSPS) is 20.2. The van der Waals surface area contributed by atoms with Gasteiger partial charge in [0.1, 0.15) is 17.6 Å². The molecule has 7 heteroatoms. The molecule has 2 aliphatic heterocycles. The molecule has 182 valence electrons. The van der Waals surface area contributed by atoms with E-state index in [4.69, 9.17) is 9.47 Å². The predicted octanol–water partition coefficient (Wildman–Crippen LogP) is 4.42. The van der Waals surface area contributed by atoms with Crippen molar-refractivity contribution in [3.63, 3.8) is 0 Å². The van der Waals surface area contributed by atoms with Gasteiger partial charge >= 0.3 is 5.97 Å². The topological polar surface area (TPSA) is 93.1 Å². The van der Waals surface area contributed by atoms with Crippen molar-refractivity contribution < 1.29 is 29.0 Å². The van der Waals surface area contributed by atoms with Crippen molar-refractivity contribution in [1.82, 2.24) is 4.90 Å². The fraction of sp³-hybridized carbons (Fsp3) is 0.207. The lowest BCUT2D eigenvalue weighted by Gasteiger charge is -2.25. The highest BCUT2D eigenvalue weighted by molar-refractivity contribution is 6.46. The maximum absolute atomic E-state index is 13.3. The number of esters is 1. The number of hydrogen-bond donors (Lipinski definition) is 1. The first-order valence-corrected chi connectivity index (χ1v) is 11.7. The molecule has 0 spiro atoms. The van der Waals surface area contributed by atoms with Crippen LogP contribution in [-0.4, -0.2) is 40.9 Å². The molecule has 36 heavy (non-hydrogen) atoms. The summed E-state index contributed by atoms with van der Waals surface area (Å²) in [4.78, 5) is 39.9. The lowest BCUT2D eigenvalue weighted by atomic mass is 9.93. The molecule has 2 aliphatic rings. The number of nitrogens with zero attached hydrogens (tertiary/aromatic N) is 1. The molecule has 3 aromatic rings. The van der Waals surface area contributed by atoms with Gasteiger partial charge in [0.05, 0.1) is 24.3 Å². The minimum atomic E-state index is -0.833. The molecule has 0 unspecified atom stereocenters. The number of ketones is 1. The Kier molecular flexibility index (Phi) is 6.06. The highest BCUT2D eigenvalue weighted by atomic mass is 16.5. The van der Waals surface area contributed by atoms with Crippen molar-refractivity contribution in [3.8, 4) is 5.75 Å². The first kappa shape index (κ1) is 23.4. The van der Waals surface area contributed by atoms with Gasteiger partial charge < -0.3 is 19.5 Å². The van der Waals surface area contributed by atoms with Crippen LogP contribution in [0.1, 0.15) is 45.6 Å². The van der Waals surface area contributed by atoms with Crippen LogP contribution in [0.4, 0.5) is 0 Å². The number of Topliss-reactive ketones (excluding diaryl/α,β-unsaturated/α-hetero) is 1. The molecule has 1 saturated heterocycles. The van der Waals surface area contributed by atoms with Crippen LogP contribution >= 0.6 is 0 Å². The molecule has 2 heterocycles. The number of fused-ring (bicyclic) bond motifs is 1. The van der Waals surface area contributed by atoms with Crippen LogP contribution in [0.2, 0.25) is 0 Å². The van der Waals surface area contributed by atoms with Crippen LogP contribution in [0, 0.1) is 0 Å². The van der Waals surface area contributed by atoms with Crippen LogP contribution in [0.3, 0.4) is 0 Å². The molecule has 0 aliphatic carbocycles. The van der Waals surface area contributed by atoms with E-state index >= 15 is 0 Å². The van der Waals surface area contributed by atoms with Gasteiger partial charge in [0.2, 0.25) is 0 Å². The highest BCUT2D eigenvalue weighted by Gasteiger charge is 2.46. The van der Waals surface area contributed by atoms with E-state index in [0.717, 1.165) is 16.9 Å². The third kappa shape index (κ3) is 4.13. The Balaban J connectivity index is 1.62. The fourth-order valence-electron chi connectivity index (χ4n) is 4.81. The second-order valence-electron chi connectivity index (χ2n) is 8.98. The maximum Gasteiger partial charge on any atom is 0.337 e. The Morgan fingerprint density at radius 2 is 1.72 bits per heavy atom. The zero-order chi connectivity index (χ0) is 25.4. The van der Waals surface area contributed by atoms with Gasteiger partial charge in [-0.1, -0.05) is 42.5 Å². The summed E-state index contributed by atoms with van der Waals surface area (Å²) in [5, 5.41) is 11.4. The molecule has 0 bridgehead atoms. The summed E-state index contributed by atoms with van der Waals surface area (Å²) in [6.07, 6.45) is 0.721. The largest absolute Gasteiger partial charge is 0.507 e. The Morgan fingerprint density at radius 1 is 1.03 bits per heavy atom. The summed E-state index contributed by atoms with van der Waals surface area (Å²) in [5.41, 5.74) is 3.17. The van der Waals surface area contributed by atoms with Gasteiger partial charge in [-0.25, -0.2) is 4.79 Å². The molecular weight excluding hydrogens is 458 g/mol. The Hall–Kier alpha value is -4.39. The van der Waals surface area contributed by atoms with Crippen LogP contribution in [-0.2, 0) is 27.3 Å². The van der Waals surface area contributed by atoms with E-state index in [-0.39, 0.29) is 24.0 Å². The number of methoxy groups -OCH3 is 1. The quantitative estimate of drug-likeness (QED) is 0.250. The maximum atomic E-state index is 13.3. The second-order valence-corrected chi connectivity index (χ2v) is 8.98. The van der Waals surface area contributed by atoms with Gasteiger partial charge in [-0.05, 0) is 53.9 Å². The lowest BCUT2D eigenvalue weighted by Crippen LogP contribution is -2.29. The molecule has 0 radical (unpaired) electrons. The smallest absolute Gasteiger partial charge is 0.337 e. The third-order valence-electron chi connectivity index (χ3n) is 6.55. The number of carbonyl (C=O) groups excluding carboxylic acids is 3.